The number of hydrogen-bond donors (Lipinski definition) is 1. The average Bonchev–Trinajstić information content (AvgIpc) is 3.02. The summed E-state index contributed by atoms with van der Waals surface area (Å²) in [5.74, 6) is 1.14. The van der Waals surface area contributed by atoms with Crippen molar-refractivity contribution in [1.29, 1.82) is 0 Å². The van der Waals surface area contributed by atoms with E-state index in [9.17, 15) is 4.79 Å². The van der Waals surface area contributed by atoms with Gasteiger partial charge in [-0.1, -0.05) is 0 Å². The van der Waals surface area contributed by atoms with Crippen LogP contribution in [-0.4, -0.2) is 51.7 Å². The number of methoxy groups -OCH3 is 1. The third kappa shape index (κ3) is 3.58. The number of amides is 1. The maximum Gasteiger partial charge on any atom is 0.271 e. The number of rotatable bonds is 4. The molecule has 2 aromatic heterocycles. The summed E-state index contributed by atoms with van der Waals surface area (Å²) < 4.78 is 6.83. The van der Waals surface area contributed by atoms with Gasteiger partial charge in [0.15, 0.2) is 5.75 Å². The molecule has 1 N–H and O–H groups in total. The Morgan fingerprint density at radius 3 is 2.78 bits per heavy atom. The maximum atomic E-state index is 12.2. The highest BCUT2D eigenvalue weighted by molar-refractivity contribution is 5.92. The highest BCUT2D eigenvalue weighted by Crippen LogP contribution is 2.17. The lowest BCUT2D eigenvalue weighted by molar-refractivity contribution is 0.0928. The van der Waals surface area contributed by atoms with Crippen molar-refractivity contribution in [2.75, 3.05) is 25.1 Å². The molecule has 1 unspecified atom stereocenters. The van der Waals surface area contributed by atoms with Gasteiger partial charge in [0.2, 0.25) is 5.95 Å². The molecule has 1 aliphatic heterocycles. The Bertz CT molecular complexity index is 669. The predicted molar refractivity (Wildman–Crippen MR) is 84.5 cm³/mol. The van der Waals surface area contributed by atoms with E-state index >= 15 is 0 Å². The molecule has 1 fully saturated rings. The van der Waals surface area contributed by atoms with Gasteiger partial charge in [0.1, 0.15) is 5.69 Å². The van der Waals surface area contributed by atoms with Crippen LogP contribution in [0, 0.1) is 0 Å². The van der Waals surface area contributed by atoms with Gasteiger partial charge in [-0.3, -0.25) is 4.79 Å². The zero-order valence-corrected chi connectivity index (χ0v) is 13.3. The van der Waals surface area contributed by atoms with Crippen molar-refractivity contribution >= 4 is 11.9 Å². The van der Waals surface area contributed by atoms with E-state index in [-0.39, 0.29) is 11.9 Å². The van der Waals surface area contributed by atoms with Crippen LogP contribution in [0.4, 0.5) is 5.95 Å². The Morgan fingerprint density at radius 2 is 2.13 bits per heavy atom. The van der Waals surface area contributed by atoms with E-state index in [2.05, 4.69) is 25.2 Å². The summed E-state index contributed by atoms with van der Waals surface area (Å²) in [5.41, 5.74) is 0.435. The van der Waals surface area contributed by atoms with Crippen LogP contribution >= 0.6 is 0 Å². The minimum atomic E-state index is -0.145. The van der Waals surface area contributed by atoms with Gasteiger partial charge < -0.3 is 19.5 Å². The lowest BCUT2D eigenvalue weighted by atomic mass is 10.1. The van der Waals surface area contributed by atoms with Gasteiger partial charge in [-0.15, -0.1) is 0 Å². The lowest BCUT2D eigenvalue weighted by Gasteiger charge is -2.33. The third-order valence-corrected chi connectivity index (χ3v) is 3.83. The van der Waals surface area contributed by atoms with Crippen molar-refractivity contribution in [1.82, 2.24) is 24.8 Å². The summed E-state index contributed by atoms with van der Waals surface area (Å²) in [7, 11) is 3.43. The molecule has 23 heavy (non-hydrogen) atoms. The Kier molecular flexibility index (Phi) is 4.40. The van der Waals surface area contributed by atoms with Gasteiger partial charge in [-0.05, 0) is 12.8 Å². The molecule has 1 amide bonds. The monoisotopic (exact) mass is 316 g/mol. The second-order valence-electron chi connectivity index (χ2n) is 5.61. The second-order valence-corrected chi connectivity index (χ2v) is 5.61. The van der Waals surface area contributed by atoms with Gasteiger partial charge in [-0.2, -0.15) is 0 Å². The largest absolute Gasteiger partial charge is 0.494 e. The summed E-state index contributed by atoms with van der Waals surface area (Å²) >= 11 is 0. The van der Waals surface area contributed by atoms with Gasteiger partial charge in [-0.25, -0.2) is 15.0 Å². The van der Waals surface area contributed by atoms with Crippen molar-refractivity contribution in [3.8, 4) is 5.75 Å². The molecule has 122 valence electrons. The van der Waals surface area contributed by atoms with Gasteiger partial charge in [0, 0.05) is 32.4 Å². The SMILES string of the molecule is COc1cnc(N2CCCC(NC(=O)c3cn(C)cn3)C2)nc1. The molecular weight excluding hydrogens is 296 g/mol. The summed E-state index contributed by atoms with van der Waals surface area (Å²) in [6.07, 6.45) is 8.54. The number of aromatic nitrogens is 4. The molecule has 1 aliphatic rings. The van der Waals surface area contributed by atoms with Gasteiger partial charge in [0.25, 0.3) is 5.91 Å². The van der Waals surface area contributed by atoms with E-state index in [0.717, 1.165) is 19.4 Å². The van der Waals surface area contributed by atoms with Crippen LogP contribution in [0.25, 0.3) is 0 Å². The van der Waals surface area contributed by atoms with E-state index < -0.39 is 0 Å². The molecule has 3 rings (SSSR count). The summed E-state index contributed by atoms with van der Waals surface area (Å²) in [5, 5.41) is 3.03. The van der Waals surface area contributed by atoms with Gasteiger partial charge >= 0.3 is 0 Å². The molecule has 0 aliphatic carbocycles. The van der Waals surface area contributed by atoms with Crippen molar-refractivity contribution in [2.24, 2.45) is 7.05 Å². The van der Waals surface area contributed by atoms with Crippen molar-refractivity contribution in [3.05, 3.63) is 30.6 Å². The zero-order valence-electron chi connectivity index (χ0n) is 13.3. The van der Waals surface area contributed by atoms with E-state index in [1.54, 1.807) is 36.6 Å². The number of piperidine rings is 1. The van der Waals surface area contributed by atoms with E-state index in [1.165, 1.54) is 0 Å². The number of nitrogens with one attached hydrogen (secondary N) is 1. The topological polar surface area (TPSA) is 85.2 Å². The van der Waals surface area contributed by atoms with Crippen LogP contribution in [0.1, 0.15) is 23.3 Å². The lowest BCUT2D eigenvalue weighted by Crippen LogP contribution is -2.48. The quantitative estimate of drug-likeness (QED) is 0.890. The molecular formula is C15H20N6O2. The molecule has 0 bridgehead atoms. The zero-order chi connectivity index (χ0) is 16.2. The average molecular weight is 316 g/mol. The second kappa shape index (κ2) is 6.64. The van der Waals surface area contributed by atoms with E-state index in [1.807, 2.05) is 7.05 Å². The number of anilines is 1. The molecule has 8 nitrogen and oxygen atoms in total. The molecule has 1 saturated heterocycles. The Balaban J connectivity index is 1.62. The minimum absolute atomic E-state index is 0.0592. The number of aryl methyl sites for hydroxylation is 1. The number of ether oxygens (including phenoxy) is 1. The first-order valence-corrected chi connectivity index (χ1v) is 7.55. The number of carbonyl (C=O) groups is 1. The molecule has 0 saturated carbocycles. The fraction of sp³-hybridized carbons (Fsp3) is 0.467. The standard InChI is InChI=1S/C15H20N6O2/c1-20-9-13(18-10-20)14(22)19-11-4-3-5-21(8-11)15-16-6-12(23-2)7-17-15/h6-7,9-11H,3-5,8H2,1-2H3,(H,19,22). The third-order valence-electron chi connectivity index (χ3n) is 3.83. The van der Waals surface area contributed by atoms with Crippen LogP contribution in [0.5, 0.6) is 5.75 Å². The summed E-state index contributed by atoms with van der Waals surface area (Å²) in [6.45, 7) is 1.56. The van der Waals surface area contributed by atoms with E-state index in [4.69, 9.17) is 4.74 Å². The number of imidazole rings is 1. The number of carbonyl (C=O) groups excluding carboxylic acids is 1. The molecule has 0 spiro atoms. The molecule has 1 atom stereocenters. The van der Waals surface area contributed by atoms with Crippen molar-refractivity contribution in [3.63, 3.8) is 0 Å². The number of hydrogen-bond acceptors (Lipinski definition) is 6. The Hall–Kier alpha value is -2.64. The molecule has 3 heterocycles. The fourth-order valence-electron chi connectivity index (χ4n) is 2.64. The van der Waals surface area contributed by atoms with Crippen LogP contribution in [0.15, 0.2) is 24.9 Å². The van der Waals surface area contributed by atoms with Crippen LogP contribution in [0.3, 0.4) is 0 Å². The van der Waals surface area contributed by atoms with Crippen molar-refractivity contribution in [2.45, 2.75) is 18.9 Å². The highest BCUT2D eigenvalue weighted by Gasteiger charge is 2.24. The summed E-state index contributed by atoms with van der Waals surface area (Å²) in [4.78, 5) is 27.0. The first-order chi connectivity index (χ1) is 11.2. The van der Waals surface area contributed by atoms with Crippen molar-refractivity contribution < 1.29 is 9.53 Å². The minimum Gasteiger partial charge on any atom is -0.494 e. The number of nitrogens with zero attached hydrogens (tertiary/aromatic N) is 5. The Morgan fingerprint density at radius 1 is 1.35 bits per heavy atom. The highest BCUT2D eigenvalue weighted by atomic mass is 16.5. The molecule has 0 aromatic carbocycles. The predicted octanol–water partition coefficient (Wildman–Crippen LogP) is 0.617. The fourth-order valence-corrected chi connectivity index (χ4v) is 2.64. The van der Waals surface area contributed by atoms with Crippen LogP contribution in [-0.2, 0) is 7.05 Å². The smallest absolute Gasteiger partial charge is 0.271 e. The molecule has 8 heteroatoms. The van der Waals surface area contributed by atoms with Crippen LogP contribution in [0.2, 0.25) is 0 Å². The molecule has 0 radical (unpaired) electrons. The van der Waals surface area contributed by atoms with E-state index in [0.29, 0.717) is 23.9 Å². The first-order valence-electron chi connectivity index (χ1n) is 7.55. The first kappa shape index (κ1) is 15.3. The maximum absolute atomic E-state index is 12.2. The van der Waals surface area contributed by atoms with Gasteiger partial charge in [0.05, 0.1) is 25.8 Å². The Labute approximate surface area is 134 Å². The normalized spacial score (nSPS) is 17.8. The molecule has 2 aromatic rings. The summed E-state index contributed by atoms with van der Waals surface area (Å²) in [6, 6.07) is 0.0592. The van der Waals surface area contributed by atoms with Crippen LogP contribution < -0.4 is 15.0 Å².